The zero-order valence-corrected chi connectivity index (χ0v) is 6.98. The van der Waals surface area contributed by atoms with Crippen LogP contribution >= 0.6 is 0 Å². The van der Waals surface area contributed by atoms with Crippen LogP contribution in [0.5, 0.6) is 0 Å². The van der Waals surface area contributed by atoms with E-state index >= 15 is 0 Å². The zero-order chi connectivity index (χ0) is 7.35. The highest BCUT2D eigenvalue weighted by atomic mass is 14.5. The Hall–Kier alpha value is -0.260. The summed E-state index contributed by atoms with van der Waals surface area (Å²) in [6.45, 7) is 8.95. The van der Waals surface area contributed by atoms with Crippen molar-refractivity contribution in [3.63, 3.8) is 0 Å². The maximum Gasteiger partial charge on any atom is -0.00905 e. The molecule has 0 saturated heterocycles. The predicted octanol–water partition coefficient (Wildman–Crippen LogP) is 3.00. The smallest absolute Gasteiger partial charge is 0.00905 e. The van der Waals surface area contributed by atoms with Crippen molar-refractivity contribution >= 4 is 0 Å². The third kappa shape index (κ3) is 0.531. The van der Waals surface area contributed by atoms with Crippen molar-refractivity contribution in [3.8, 4) is 0 Å². The van der Waals surface area contributed by atoms with Gasteiger partial charge in [0.2, 0.25) is 0 Å². The van der Waals surface area contributed by atoms with Crippen LogP contribution in [0.25, 0.3) is 0 Å². The van der Waals surface area contributed by atoms with E-state index in [1.807, 2.05) is 0 Å². The third-order valence-corrected chi connectivity index (χ3v) is 4.06. The second-order valence-corrected chi connectivity index (χ2v) is 4.31. The Labute approximate surface area is 63.3 Å². The summed E-state index contributed by atoms with van der Waals surface area (Å²) in [4.78, 5) is 0. The molecule has 10 heavy (non-hydrogen) atoms. The largest absolute Gasteiger partial charge is 0.0993 e. The quantitative estimate of drug-likeness (QED) is 0.449. The molecule has 2 aliphatic rings. The molecule has 0 N–H and O–H groups in total. The zero-order valence-electron chi connectivity index (χ0n) is 6.98. The molecular weight excluding hydrogens is 120 g/mol. The SMILES string of the molecule is C=C1CC2CCC1(C)C2C. The van der Waals surface area contributed by atoms with Crippen LogP contribution in [0.3, 0.4) is 0 Å². The fourth-order valence-electron chi connectivity index (χ4n) is 2.81. The lowest BCUT2D eigenvalue weighted by Gasteiger charge is -2.26. The second kappa shape index (κ2) is 1.66. The molecule has 0 heterocycles. The van der Waals surface area contributed by atoms with Crippen molar-refractivity contribution < 1.29 is 0 Å². The van der Waals surface area contributed by atoms with Gasteiger partial charge in [-0.2, -0.15) is 0 Å². The van der Waals surface area contributed by atoms with Gasteiger partial charge in [-0.25, -0.2) is 0 Å². The highest BCUT2D eigenvalue weighted by Crippen LogP contribution is 2.60. The summed E-state index contributed by atoms with van der Waals surface area (Å²) in [6.07, 6.45) is 4.17. The van der Waals surface area contributed by atoms with Crippen LogP contribution in [0.4, 0.5) is 0 Å². The van der Waals surface area contributed by atoms with Crippen molar-refractivity contribution in [3.05, 3.63) is 12.2 Å². The lowest BCUT2D eigenvalue weighted by molar-refractivity contribution is 0.328. The fourth-order valence-corrected chi connectivity index (χ4v) is 2.81. The summed E-state index contributed by atoms with van der Waals surface area (Å²) >= 11 is 0. The molecule has 56 valence electrons. The van der Waals surface area contributed by atoms with E-state index in [2.05, 4.69) is 20.4 Å². The Kier molecular flexibility index (Phi) is 1.07. The average Bonchev–Trinajstić information content (AvgIpc) is 2.25. The molecule has 2 rings (SSSR count). The molecule has 2 fully saturated rings. The summed E-state index contributed by atoms with van der Waals surface area (Å²) in [7, 11) is 0. The first-order valence-electron chi connectivity index (χ1n) is 4.33. The summed E-state index contributed by atoms with van der Waals surface area (Å²) in [5.74, 6) is 1.90. The van der Waals surface area contributed by atoms with Gasteiger partial charge in [-0.3, -0.25) is 0 Å². The van der Waals surface area contributed by atoms with Crippen molar-refractivity contribution in [1.82, 2.24) is 0 Å². The molecule has 2 saturated carbocycles. The van der Waals surface area contributed by atoms with Gasteiger partial charge in [0.25, 0.3) is 0 Å². The molecule has 3 atom stereocenters. The maximum atomic E-state index is 4.16. The van der Waals surface area contributed by atoms with E-state index in [0.29, 0.717) is 5.41 Å². The van der Waals surface area contributed by atoms with Crippen LogP contribution in [-0.4, -0.2) is 0 Å². The lowest BCUT2D eigenvalue weighted by Crippen LogP contribution is -2.16. The number of allylic oxidation sites excluding steroid dienone is 1. The molecule has 2 bridgehead atoms. The number of fused-ring (bicyclic) bond motifs is 2. The number of hydrogen-bond acceptors (Lipinski definition) is 0. The molecule has 0 aromatic heterocycles. The number of hydrogen-bond donors (Lipinski definition) is 0. The van der Waals surface area contributed by atoms with E-state index in [1.54, 1.807) is 0 Å². The summed E-state index contributed by atoms with van der Waals surface area (Å²) in [6, 6.07) is 0. The van der Waals surface area contributed by atoms with E-state index in [0.717, 1.165) is 11.8 Å². The van der Waals surface area contributed by atoms with Crippen molar-refractivity contribution in [2.45, 2.75) is 33.1 Å². The maximum absolute atomic E-state index is 4.16. The van der Waals surface area contributed by atoms with E-state index in [-0.39, 0.29) is 0 Å². The summed E-state index contributed by atoms with van der Waals surface area (Å²) < 4.78 is 0. The topological polar surface area (TPSA) is 0 Å². The molecule has 0 aromatic rings. The van der Waals surface area contributed by atoms with Gasteiger partial charge < -0.3 is 0 Å². The molecular formula is C10H16. The minimum Gasteiger partial charge on any atom is -0.0993 e. The standard InChI is InChI=1S/C10H16/c1-7-6-9-4-5-10(7,3)8(9)2/h8-9H,1,4-6H2,2-3H3. The summed E-state index contributed by atoms with van der Waals surface area (Å²) in [5.41, 5.74) is 2.06. The lowest BCUT2D eigenvalue weighted by atomic mass is 9.79. The van der Waals surface area contributed by atoms with E-state index in [9.17, 15) is 0 Å². The fraction of sp³-hybridized carbons (Fsp3) is 0.800. The van der Waals surface area contributed by atoms with Crippen molar-refractivity contribution in [1.29, 1.82) is 0 Å². The molecule has 0 heteroatoms. The van der Waals surface area contributed by atoms with Crippen LogP contribution in [0, 0.1) is 17.3 Å². The second-order valence-electron chi connectivity index (χ2n) is 4.31. The first kappa shape index (κ1) is 6.45. The normalized spacial score (nSPS) is 52.4. The van der Waals surface area contributed by atoms with E-state index < -0.39 is 0 Å². The molecule has 0 nitrogen and oxygen atoms in total. The van der Waals surface area contributed by atoms with Gasteiger partial charge in [0.05, 0.1) is 0 Å². The van der Waals surface area contributed by atoms with Crippen molar-refractivity contribution in [2.24, 2.45) is 17.3 Å². The Morgan fingerprint density at radius 3 is 2.50 bits per heavy atom. The van der Waals surface area contributed by atoms with Gasteiger partial charge in [-0.05, 0) is 36.5 Å². The Morgan fingerprint density at radius 1 is 1.60 bits per heavy atom. The van der Waals surface area contributed by atoms with Crippen molar-refractivity contribution in [2.75, 3.05) is 0 Å². The molecule has 2 aliphatic carbocycles. The summed E-state index contributed by atoms with van der Waals surface area (Å²) in [5, 5.41) is 0. The molecule has 0 aromatic carbocycles. The molecule has 0 spiro atoms. The Balaban J connectivity index is 2.37. The highest BCUT2D eigenvalue weighted by Gasteiger charge is 2.49. The highest BCUT2D eigenvalue weighted by molar-refractivity contribution is 5.22. The van der Waals surface area contributed by atoms with Gasteiger partial charge in [-0.1, -0.05) is 26.0 Å². The third-order valence-electron chi connectivity index (χ3n) is 4.06. The molecule has 0 aliphatic heterocycles. The van der Waals surface area contributed by atoms with Crippen LogP contribution in [0.2, 0.25) is 0 Å². The Bertz CT molecular complexity index is 180. The van der Waals surface area contributed by atoms with E-state index in [4.69, 9.17) is 0 Å². The van der Waals surface area contributed by atoms with Crippen LogP contribution in [-0.2, 0) is 0 Å². The first-order valence-corrected chi connectivity index (χ1v) is 4.33. The van der Waals surface area contributed by atoms with Crippen LogP contribution in [0.1, 0.15) is 33.1 Å². The Morgan fingerprint density at radius 2 is 2.30 bits per heavy atom. The molecule has 0 radical (unpaired) electrons. The predicted molar refractivity (Wildman–Crippen MR) is 43.8 cm³/mol. The van der Waals surface area contributed by atoms with Crippen LogP contribution < -0.4 is 0 Å². The minimum absolute atomic E-state index is 0.532. The first-order chi connectivity index (χ1) is 4.64. The average molecular weight is 136 g/mol. The van der Waals surface area contributed by atoms with Gasteiger partial charge in [0.15, 0.2) is 0 Å². The van der Waals surface area contributed by atoms with Crippen LogP contribution in [0.15, 0.2) is 12.2 Å². The van der Waals surface area contributed by atoms with Gasteiger partial charge in [-0.15, -0.1) is 0 Å². The minimum atomic E-state index is 0.532. The number of rotatable bonds is 0. The van der Waals surface area contributed by atoms with Gasteiger partial charge in [0, 0.05) is 0 Å². The van der Waals surface area contributed by atoms with Gasteiger partial charge >= 0.3 is 0 Å². The van der Waals surface area contributed by atoms with E-state index in [1.165, 1.54) is 24.8 Å². The molecule has 3 unspecified atom stereocenters. The molecule has 0 amide bonds. The van der Waals surface area contributed by atoms with Gasteiger partial charge in [0.1, 0.15) is 0 Å². The monoisotopic (exact) mass is 136 g/mol.